The summed E-state index contributed by atoms with van der Waals surface area (Å²) >= 11 is 1.52. The van der Waals surface area contributed by atoms with E-state index in [9.17, 15) is 4.79 Å². The van der Waals surface area contributed by atoms with Crippen molar-refractivity contribution >= 4 is 17.7 Å². The molecule has 0 atom stereocenters. The van der Waals surface area contributed by atoms with Gasteiger partial charge in [-0.05, 0) is 49.9 Å². The number of amides is 1. The van der Waals surface area contributed by atoms with Crippen LogP contribution >= 0.6 is 11.8 Å². The quantitative estimate of drug-likeness (QED) is 0.756. The molecule has 0 aliphatic heterocycles. The molecule has 1 aliphatic carbocycles. The number of hydrogen-bond acceptors (Lipinski definition) is 4. The highest BCUT2D eigenvalue weighted by Crippen LogP contribution is 2.26. The average Bonchev–Trinajstić information content (AvgIpc) is 2.42. The van der Waals surface area contributed by atoms with Crippen molar-refractivity contribution in [2.45, 2.75) is 30.8 Å². The van der Waals surface area contributed by atoms with Crippen LogP contribution in [0.15, 0.2) is 29.2 Å². The van der Waals surface area contributed by atoms with Crippen LogP contribution < -0.4 is 10.1 Å². The van der Waals surface area contributed by atoms with Crippen molar-refractivity contribution in [3.05, 3.63) is 24.3 Å². The maximum Gasteiger partial charge on any atom is 0.230 e. The fourth-order valence-corrected chi connectivity index (χ4v) is 2.85. The first-order valence-electron chi connectivity index (χ1n) is 6.97. The summed E-state index contributed by atoms with van der Waals surface area (Å²) in [5.41, 5.74) is 0. The highest BCUT2D eigenvalue weighted by molar-refractivity contribution is 8.00. The molecular weight excluding hydrogens is 274 g/mol. The lowest BCUT2D eigenvalue weighted by Gasteiger charge is -2.31. The predicted molar refractivity (Wildman–Crippen MR) is 80.1 cm³/mol. The molecule has 0 spiro atoms. The monoisotopic (exact) mass is 295 g/mol. The number of nitrogens with one attached hydrogen (secondary N) is 1. The van der Waals surface area contributed by atoms with Gasteiger partial charge in [-0.15, -0.1) is 11.8 Å². The number of aliphatic hydroxyl groups excluding tert-OH is 1. The van der Waals surface area contributed by atoms with Gasteiger partial charge in [-0.3, -0.25) is 4.79 Å². The Bertz CT molecular complexity index is 429. The van der Waals surface area contributed by atoms with Gasteiger partial charge >= 0.3 is 0 Å². The Morgan fingerprint density at radius 3 is 2.70 bits per heavy atom. The van der Waals surface area contributed by atoms with Crippen LogP contribution in [0.3, 0.4) is 0 Å². The molecule has 0 aromatic heterocycles. The van der Waals surface area contributed by atoms with E-state index in [1.165, 1.54) is 11.8 Å². The Labute approximate surface area is 123 Å². The number of carbonyl (C=O) groups excluding carboxylic acids is 1. The maximum atomic E-state index is 11.7. The van der Waals surface area contributed by atoms with Crippen molar-refractivity contribution in [3.63, 3.8) is 0 Å². The standard InChI is InChI=1S/C15H21NO3S/c1-2-19-13-3-5-14(6-4-13)20-10-15(18)16-9-11-7-12(17)8-11/h3-6,11-12,17H,2,7-10H2,1H3,(H,16,18). The Kier molecular flexibility index (Phi) is 5.73. The van der Waals surface area contributed by atoms with E-state index in [4.69, 9.17) is 9.84 Å². The van der Waals surface area contributed by atoms with Gasteiger partial charge < -0.3 is 15.2 Å². The molecule has 1 aromatic rings. The molecule has 20 heavy (non-hydrogen) atoms. The molecule has 5 heteroatoms. The van der Waals surface area contributed by atoms with E-state index in [0.717, 1.165) is 23.5 Å². The smallest absolute Gasteiger partial charge is 0.230 e. The highest BCUT2D eigenvalue weighted by atomic mass is 32.2. The minimum Gasteiger partial charge on any atom is -0.494 e. The molecule has 1 amide bonds. The van der Waals surface area contributed by atoms with Crippen molar-refractivity contribution in [1.82, 2.24) is 5.32 Å². The molecule has 2 N–H and O–H groups in total. The SMILES string of the molecule is CCOc1ccc(SCC(=O)NCC2CC(O)C2)cc1. The highest BCUT2D eigenvalue weighted by Gasteiger charge is 2.26. The number of carbonyl (C=O) groups is 1. The molecular formula is C15H21NO3S. The zero-order valence-electron chi connectivity index (χ0n) is 11.7. The Morgan fingerprint density at radius 1 is 1.40 bits per heavy atom. The summed E-state index contributed by atoms with van der Waals surface area (Å²) in [5.74, 6) is 1.77. The first-order chi connectivity index (χ1) is 9.67. The van der Waals surface area contributed by atoms with Crippen LogP contribution in [0.25, 0.3) is 0 Å². The van der Waals surface area contributed by atoms with Crippen molar-refractivity contribution in [1.29, 1.82) is 0 Å². The van der Waals surface area contributed by atoms with E-state index in [1.807, 2.05) is 31.2 Å². The summed E-state index contributed by atoms with van der Waals surface area (Å²) in [7, 11) is 0. The molecule has 0 unspecified atom stereocenters. The third-order valence-corrected chi connectivity index (χ3v) is 4.32. The van der Waals surface area contributed by atoms with Gasteiger partial charge in [0.25, 0.3) is 0 Å². The number of ether oxygens (including phenoxy) is 1. The van der Waals surface area contributed by atoms with Crippen molar-refractivity contribution in [3.8, 4) is 5.75 Å². The maximum absolute atomic E-state index is 11.7. The van der Waals surface area contributed by atoms with Crippen LogP contribution in [-0.4, -0.2) is 36.0 Å². The predicted octanol–water partition coefficient (Wildman–Crippen LogP) is 2.06. The number of hydrogen-bond donors (Lipinski definition) is 2. The van der Waals surface area contributed by atoms with Gasteiger partial charge in [-0.1, -0.05) is 0 Å². The Balaban J connectivity index is 1.64. The lowest BCUT2D eigenvalue weighted by Crippen LogP contribution is -2.38. The largest absolute Gasteiger partial charge is 0.494 e. The summed E-state index contributed by atoms with van der Waals surface area (Å²) in [6.45, 7) is 3.29. The molecule has 2 rings (SSSR count). The molecule has 1 fully saturated rings. The van der Waals surface area contributed by atoms with Gasteiger partial charge in [0.15, 0.2) is 0 Å². The second kappa shape index (κ2) is 7.55. The summed E-state index contributed by atoms with van der Waals surface area (Å²) in [4.78, 5) is 12.8. The van der Waals surface area contributed by atoms with Gasteiger partial charge in [-0.25, -0.2) is 0 Å². The second-order valence-corrected chi connectivity index (χ2v) is 6.04. The number of benzene rings is 1. The van der Waals surface area contributed by atoms with E-state index < -0.39 is 0 Å². The van der Waals surface area contributed by atoms with E-state index in [2.05, 4.69) is 5.32 Å². The Morgan fingerprint density at radius 2 is 2.10 bits per heavy atom. The van der Waals surface area contributed by atoms with Crippen LogP contribution in [0, 0.1) is 5.92 Å². The van der Waals surface area contributed by atoms with Gasteiger partial charge in [0.05, 0.1) is 18.5 Å². The molecule has 4 nitrogen and oxygen atoms in total. The fourth-order valence-electron chi connectivity index (χ4n) is 2.12. The van der Waals surface area contributed by atoms with E-state index in [1.54, 1.807) is 0 Å². The third kappa shape index (κ3) is 4.72. The zero-order chi connectivity index (χ0) is 14.4. The number of thioether (sulfide) groups is 1. The Hall–Kier alpha value is -1.20. The molecule has 0 saturated heterocycles. The van der Waals surface area contributed by atoms with Crippen LogP contribution in [-0.2, 0) is 4.79 Å². The van der Waals surface area contributed by atoms with Gasteiger partial charge in [0.2, 0.25) is 5.91 Å². The van der Waals surface area contributed by atoms with Gasteiger partial charge in [-0.2, -0.15) is 0 Å². The van der Waals surface area contributed by atoms with Gasteiger partial charge in [0.1, 0.15) is 5.75 Å². The summed E-state index contributed by atoms with van der Waals surface area (Å²) in [6, 6.07) is 7.76. The minimum atomic E-state index is -0.157. The first-order valence-corrected chi connectivity index (χ1v) is 7.96. The van der Waals surface area contributed by atoms with E-state index in [0.29, 0.717) is 24.8 Å². The molecule has 1 aliphatic rings. The molecule has 0 heterocycles. The van der Waals surface area contributed by atoms with Crippen LogP contribution in [0.5, 0.6) is 5.75 Å². The summed E-state index contributed by atoms with van der Waals surface area (Å²) in [5, 5.41) is 12.1. The van der Waals surface area contributed by atoms with E-state index >= 15 is 0 Å². The molecule has 0 bridgehead atoms. The lowest BCUT2D eigenvalue weighted by atomic mass is 9.82. The third-order valence-electron chi connectivity index (χ3n) is 3.30. The average molecular weight is 295 g/mol. The summed E-state index contributed by atoms with van der Waals surface area (Å²) in [6.07, 6.45) is 1.47. The van der Waals surface area contributed by atoms with Crippen LogP contribution in [0.4, 0.5) is 0 Å². The van der Waals surface area contributed by atoms with Crippen molar-refractivity contribution < 1.29 is 14.6 Å². The van der Waals surface area contributed by atoms with Crippen LogP contribution in [0.2, 0.25) is 0 Å². The minimum absolute atomic E-state index is 0.0466. The number of rotatable bonds is 7. The van der Waals surface area contributed by atoms with Crippen molar-refractivity contribution in [2.75, 3.05) is 18.9 Å². The molecule has 0 radical (unpaired) electrons. The number of aliphatic hydroxyl groups is 1. The van der Waals surface area contributed by atoms with Crippen LogP contribution in [0.1, 0.15) is 19.8 Å². The molecule has 110 valence electrons. The summed E-state index contributed by atoms with van der Waals surface area (Å²) < 4.78 is 5.37. The normalized spacial score (nSPS) is 21.1. The zero-order valence-corrected chi connectivity index (χ0v) is 12.5. The van der Waals surface area contributed by atoms with Crippen molar-refractivity contribution in [2.24, 2.45) is 5.92 Å². The molecule has 1 aromatic carbocycles. The second-order valence-electron chi connectivity index (χ2n) is 4.99. The van der Waals surface area contributed by atoms with E-state index in [-0.39, 0.29) is 12.0 Å². The lowest BCUT2D eigenvalue weighted by molar-refractivity contribution is -0.119. The first kappa shape index (κ1) is 15.2. The molecule has 1 saturated carbocycles. The fraction of sp³-hybridized carbons (Fsp3) is 0.533. The topological polar surface area (TPSA) is 58.6 Å². The van der Waals surface area contributed by atoms with Gasteiger partial charge in [0, 0.05) is 11.4 Å².